The van der Waals surface area contributed by atoms with Crippen LogP contribution in [0.3, 0.4) is 0 Å². The van der Waals surface area contributed by atoms with E-state index in [2.05, 4.69) is 54.6 Å². The molecule has 11 heteroatoms. The van der Waals surface area contributed by atoms with Crippen LogP contribution in [-0.4, -0.2) is 61.5 Å². The van der Waals surface area contributed by atoms with Crippen molar-refractivity contribution in [2.24, 2.45) is 0 Å². The third-order valence-corrected chi connectivity index (χ3v) is 15.3. The standard InChI is InChI=1S/C50H52O9S2/c1-4-53-32-34-56-41-20-26-43(27-21-41)60(59-61(51,52)45-24-18-38(3)19-25-45,44-28-22-42(23-29-44)57-35-33-54-5-2)50-17-11-10-16-49(50)58-37-55-31-30-40-36-39-12-6-7-13-46(39)48-15-9-8-14-47(40)48/h6-29,36H,4-5,30-35,37H2,1-3H3. The molecule has 0 spiro atoms. The Balaban J connectivity index is 1.24. The molecular weight excluding hydrogens is 809 g/mol. The van der Waals surface area contributed by atoms with Crippen molar-refractivity contribution in [3.05, 3.63) is 163 Å². The maximum Gasteiger partial charge on any atom is 0.307 e. The van der Waals surface area contributed by atoms with Crippen molar-refractivity contribution in [1.29, 1.82) is 0 Å². The highest BCUT2D eigenvalue weighted by molar-refractivity contribution is 8.33. The van der Waals surface area contributed by atoms with E-state index in [-0.39, 0.29) is 11.7 Å². The Kier molecular flexibility index (Phi) is 15.0. The molecule has 9 nitrogen and oxygen atoms in total. The summed E-state index contributed by atoms with van der Waals surface area (Å²) in [5.74, 6) is 1.63. The van der Waals surface area contributed by atoms with Crippen LogP contribution in [0.2, 0.25) is 0 Å². The SMILES string of the molecule is CCOCCOc1ccc(S(OS(=O)(=O)c2ccc(C)cc2)(c2ccc(OCCOCC)cc2)c2ccccc2OCOCCc2cc3ccccc3c3ccccc23)cc1. The van der Waals surface area contributed by atoms with Gasteiger partial charge in [0.15, 0.2) is 6.79 Å². The Bertz CT molecular complexity index is 2540. The fraction of sp³-hybridized carbons (Fsp3) is 0.240. The van der Waals surface area contributed by atoms with Crippen molar-refractivity contribution in [2.45, 2.75) is 46.8 Å². The van der Waals surface area contributed by atoms with Gasteiger partial charge in [0, 0.05) is 23.0 Å². The van der Waals surface area contributed by atoms with E-state index >= 15 is 0 Å². The maximum atomic E-state index is 14.6. The molecule has 0 saturated carbocycles. The number of rotatable bonds is 22. The van der Waals surface area contributed by atoms with E-state index in [4.69, 9.17) is 32.1 Å². The molecule has 0 fully saturated rings. The van der Waals surface area contributed by atoms with E-state index in [1.807, 2.05) is 93.6 Å². The van der Waals surface area contributed by atoms with E-state index in [9.17, 15) is 8.42 Å². The van der Waals surface area contributed by atoms with Crippen LogP contribution in [-0.2, 0) is 34.4 Å². The quantitative estimate of drug-likeness (QED) is 0.0375. The van der Waals surface area contributed by atoms with E-state index < -0.39 is 20.4 Å². The van der Waals surface area contributed by atoms with E-state index in [0.29, 0.717) is 84.6 Å². The summed E-state index contributed by atoms with van der Waals surface area (Å²) in [4.78, 5) is 1.77. The molecule has 0 saturated heterocycles. The molecule has 0 radical (unpaired) electrons. The van der Waals surface area contributed by atoms with Gasteiger partial charge in [0.25, 0.3) is 0 Å². The fourth-order valence-corrected chi connectivity index (χ4v) is 12.3. The Morgan fingerprint density at radius 3 is 1.66 bits per heavy atom. The predicted octanol–water partition coefficient (Wildman–Crippen LogP) is 11.3. The highest BCUT2D eigenvalue weighted by atomic mass is 32.3. The summed E-state index contributed by atoms with van der Waals surface area (Å²) < 4.78 is 71.4. The van der Waals surface area contributed by atoms with E-state index in [1.165, 1.54) is 27.1 Å². The Hall–Kier alpha value is -5.40. The summed E-state index contributed by atoms with van der Waals surface area (Å²) in [5.41, 5.74) is 2.11. The first-order valence-corrected chi connectivity index (χ1v) is 23.5. The van der Waals surface area contributed by atoms with Crippen LogP contribution < -0.4 is 14.2 Å². The van der Waals surface area contributed by atoms with Crippen LogP contribution in [0.15, 0.2) is 171 Å². The van der Waals surface area contributed by atoms with Gasteiger partial charge in [-0.25, -0.2) is 3.63 Å². The van der Waals surface area contributed by atoms with Crippen LogP contribution in [0, 0.1) is 6.92 Å². The van der Waals surface area contributed by atoms with Gasteiger partial charge in [0.2, 0.25) is 0 Å². The van der Waals surface area contributed by atoms with Gasteiger partial charge < -0.3 is 28.4 Å². The van der Waals surface area contributed by atoms with Crippen molar-refractivity contribution in [3.63, 3.8) is 0 Å². The zero-order chi connectivity index (χ0) is 42.5. The third-order valence-electron chi connectivity index (χ3n) is 10.0. The molecule has 0 aromatic heterocycles. The molecule has 7 aromatic carbocycles. The molecule has 61 heavy (non-hydrogen) atoms. The highest BCUT2D eigenvalue weighted by Gasteiger charge is 2.40. The molecule has 0 atom stereocenters. The second kappa shape index (κ2) is 20.9. The number of aryl methyl sites for hydroxylation is 1. The first kappa shape index (κ1) is 43.7. The Morgan fingerprint density at radius 2 is 1.03 bits per heavy atom. The van der Waals surface area contributed by atoms with Gasteiger partial charge in [0.05, 0.1) is 29.6 Å². The Morgan fingerprint density at radius 1 is 0.492 bits per heavy atom. The first-order chi connectivity index (χ1) is 29.8. The molecule has 0 N–H and O–H groups in total. The number of para-hydroxylation sites is 1. The van der Waals surface area contributed by atoms with Gasteiger partial charge in [-0.2, -0.15) is 8.42 Å². The molecule has 7 rings (SSSR count). The van der Waals surface area contributed by atoms with E-state index in [1.54, 1.807) is 24.3 Å². The lowest BCUT2D eigenvalue weighted by molar-refractivity contribution is 0.0153. The van der Waals surface area contributed by atoms with Crippen LogP contribution in [0.1, 0.15) is 25.0 Å². The number of hydrogen-bond acceptors (Lipinski definition) is 9. The summed E-state index contributed by atoms with van der Waals surface area (Å²) in [6, 6.07) is 47.8. The molecule has 0 unspecified atom stereocenters. The molecule has 0 aliphatic heterocycles. The number of ether oxygens (including phenoxy) is 6. The largest absolute Gasteiger partial charge is 0.491 e. The summed E-state index contributed by atoms with van der Waals surface area (Å²) >= 11 is 0. The van der Waals surface area contributed by atoms with Crippen LogP contribution in [0.4, 0.5) is 0 Å². The average Bonchev–Trinajstić information content (AvgIpc) is 3.29. The molecule has 318 valence electrons. The molecule has 0 heterocycles. The molecular formula is C50H52O9S2. The first-order valence-electron chi connectivity index (χ1n) is 20.5. The minimum absolute atomic E-state index is 0.0321. The van der Waals surface area contributed by atoms with Crippen molar-refractivity contribution < 1.29 is 40.5 Å². The summed E-state index contributed by atoms with van der Waals surface area (Å²) in [7, 11) is -7.53. The van der Waals surface area contributed by atoms with E-state index in [0.717, 1.165) is 5.56 Å². The van der Waals surface area contributed by atoms with Crippen molar-refractivity contribution in [1.82, 2.24) is 0 Å². The molecule has 0 amide bonds. The van der Waals surface area contributed by atoms with Crippen LogP contribution in [0.5, 0.6) is 17.2 Å². The van der Waals surface area contributed by atoms with Crippen LogP contribution in [0.25, 0.3) is 21.5 Å². The smallest absolute Gasteiger partial charge is 0.307 e. The van der Waals surface area contributed by atoms with Crippen molar-refractivity contribution in [2.75, 3.05) is 53.0 Å². The summed E-state index contributed by atoms with van der Waals surface area (Å²) in [5, 5.41) is 4.79. The van der Waals surface area contributed by atoms with Gasteiger partial charge in [-0.1, -0.05) is 84.4 Å². The second-order valence-corrected chi connectivity index (χ2v) is 18.5. The second-order valence-electron chi connectivity index (χ2n) is 14.1. The number of benzene rings is 7. The fourth-order valence-electron chi connectivity index (χ4n) is 7.06. The van der Waals surface area contributed by atoms with Gasteiger partial charge in [0.1, 0.15) is 30.5 Å². The lowest BCUT2D eigenvalue weighted by Gasteiger charge is -2.40. The Labute approximate surface area is 360 Å². The molecule has 7 aromatic rings. The minimum Gasteiger partial charge on any atom is -0.491 e. The normalized spacial score (nSPS) is 12.1. The minimum atomic E-state index is -4.40. The number of fused-ring (bicyclic) bond motifs is 3. The van der Waals surface area contributed by atoms with Crippen LogP contribution >= 0.6 is 10.3 Å². The lowest BCUT2D eigenvalue weighted by atomic mass is 9.96. The zero-order valence-electron chi connectivity index (χ0n) is 34.8. The molecule has 0 aliphatic rings. The van der Waals surface area contributed by atoms with Gasteiger partial charge >= 0.3 is 10.1 Å². The van der Waals surface area contributed by atoms with Gasteiger partial charge in [-0.05, 0) is 137 Å². The average molecular weight is 861 g/mol. The lowest BCUT2D eigenvalue weighted by Crippen LogP contribution is -2.16. The van der Waals surface area contributed by atoms with Gasteiger partial charge in [-0.15, -0.1) is 0 Å². The summed E-state index contributed by atoms with van der Waals surface area (Å²) in [6.07, 6.45) is 0.668. The zero-order valence-corrected chi connectivity index (χ0v) is 36.4. The topological polar surface area (TPSA) is 98.8 Å². The number of hydrogen-bond donors (Lipinski definition) is 0. The van der Waals surface area contributed by atoms with Crippen molar-refractivity contribution in [3.8, 4) is 17.2 Å². The maximum absolute atomic E-state index is 14.6. The molecule has 0 bridgehead atoms. The third kappa shape index (κ3) is 10.6. The van der Waals surface area contributed by atoms with Crippen molar-refractivity contribution >= 4 is 42.0 Å². The van der Waals surface area contributed by atoms with Gasteiger partial charge in [-0.3, -0.25) is 0 Å². The highest BCUT2D eigenvalue weighted by Crippen LogP contribution is 2.72. The summed E-state index contributed by atoms with van der Waals surface area (Å²) in [6.45, 7) is 8.87. The monoisotopic (exact) mass is 860 g/mol. The predicted molar refractivity (Wildman–Crippen MR) is 242 cm³/mol. The molecule has 0 aliphatic carbocycles.